The van der Waals surface area contributed by atoms with Crippen molar-refractivity contribution in [3.63, 3.8) is 0 Å². The Morgan fingerprint density at radius 1 is 1.44 bits per heavy atom. The van der Waals surface area contributed by atoms with E-state index in [0.29, 0.717) is 12.4 Å². The maximum atomic E-state index is 12.7. The number of hydrogen-bond acceptors (Lipinski definition) is 2. The Morgan fingerprint density at radius 3 is 2.61 bits per heavy atom. The molecule has 18 heavy (non-hydrogen) atoms. The molecule has 0 unspecified atom stereocenters. The summed E-state index contributed by atoms with van der Waals surface area (Å²) in [5.74, 6) is 0.337. The molecule has 1 aromatic carbocycles. The van der Waals surface area contributed by atoms with E-state index >= 15 is 0 Å². The van der Waals surface area contributed by atoms with Crippen molar-refractivity contribution in [3.05, 3.63) is 23.8 Å². The highest BCUT2D eigenvalue weighted by Crippen LogP contribution is 2.36. The Kier molecular flexibility index (Phi) is 4.77. The van der Waals surface area contributed by atoms with Gasteiger partial charge in [-0.2, -0.15) is 13.2 Å². The molecule has 7 heteroatoms. The minimum Gasteiger partial charge on any atom is -0.494 e. The van der Waals surface area contributed by atoms with Crippen molar-refractivity contribution in [1.82, 2.24) is 0 Å². The average molecular weight is 278 g/mol. The summed E-state index contributed by atoms with van der Waals surface area (Å²) in [5.41, 5.74) is 4.16. The summed E-state index contributed by atoms with van der Waals surface area (Å²) in [6, 6.07) is 3.44. The summed E-state index contributed by atoms with van der Waals surface area (Å²) in [6.07, 6.45) is -3.71. The molecule has 0 aromatic heterocycles. The lowest BCUT2D eigenvalue weighted by Gasteiger charge is -2.15. The number of alkyl halides is 3. The van der Waals surface area contributed by atoms with Gasteiger partial charge in [-0.3, -0.25) is 0 Å². The molecule has 0 spiro atoms. The largest absolute Gasteiger partial charge is 0.494 e. The molecule has 0 heterocycles. The molecule has 0 radical (unpaired) electrons. The van der Waals surface area contributed by atoms with E-state index in [1.807, 2.05) is 6.92 Å². The van der Waals surface area contributed by atoms with Gasteiger partial charge in [-0.15, -0.1) is 0 Å². The van der Waals surface area contributed by atoms with Crippen molar-refractivity contribution in [1.29, 1.82) is 0 Å². The van der Waals surface area contributed by atoms with E-state index in [2.05, 4.69) is 17.5 Å². The first-order valence-corrected chi connectivity index (χ1v) is 5.66. The van der Waals surface area contributed by atoms with Crippen molar-refractivity contribution < 1.29 is 17.9 Å². The molecule has 0 bridgehead atoms. The van der Waals surface area contributed by atoms with Gasteiger partial charge in [0.05, 0.1) is 17.9 Å². The summed E-state index contributed by atoms with van der Waals surface area (Å²) in [7, 11) is 0. The SMILES string of the molecule is CCCOc1ccc(C(F)(F)F)c(NC(N)=S)c1. The van der Waals surface area contributed by atoms with Crippen LogP contribution >= 0.6 is 12.2 Å². The molecule has 0 saturated carbocycles. The minimum atomic E-state index is -4.48. The normalized spacial score (nSPS) is 11.1. The first-order chi connectivity index (χ1) is 8.34. The number of nitrogens with one attached hydrogen (secondary N) is 1. The fourth-order valence-electron chi connectivity index (χ4n) is 1.32. The van der Waals surface area contributed by atoms with E-state index in [4.69, 9.17) is 10.5 Å². The molecule has 0 fully saturated rings. The van der Waals surface area contributed by atoms with Crippen LogP contribution in [0.1, 0.15) is 18.9 Å². The van der Waals surface area contributed by atoms with Crippen LogP contribution < -0.4 is 15.8 Å². The van der Waals surface area contributed by atoms with E-state index in [1.165, 1.54) is 12.1 Å². The third kappa shape index (κ3) is 4.06. The number of rotatable bonds is 4. The summed E-state index contributed by atoms with van der Waals surface area (Å²) >= 11 is 4.55. The predicted molar refractivity (Wildman–Crippen MR) is 67.6 cm³/mol. The number of halogens is 3. The van der Waals surface area contributed by atoms with Crippen LogP contribution in [0.5, 0.6) is 5.75 Å². The molecule has 0 aliphatic rings. The zero-order valence-corrected chi connectivity index (χ0v) is 10.5. The van der Waals surface area contributed by atoms with Gasteiger partial charge in [-0.1, -0.05) is 6.92 Å². The van der Waals surface area contributed by atoms with Crippen LogP contribution in [0.4, 0.5) is 18.9 Å². The van der Waals surface area contributed by atoms with Crippen molar-refractivity contribution in [2.24, 2.45) is 5.73 Å². The predicted octanol–water partition coefficient (Wildman–Crippen LogP) is 3.15. The number of anilines is 1. The minimum absolute atomic E-state index is 0.205. The second kappa shape index (κ2) is 5.90. The van der Waals surface area contributed by atoms with Crippen LogP contribution in [0.2, 0.25) is 0 Å². The lowest BCUT2D eigenvalue weighted by atomic mass is 10.1. The Labute approximate surface area is 108 Å². The molecular formula is C11H13F3N2OS. The number of benzene rings is 1. The number of nitrogens with two attached hydrogens (primary N) is 1. The zero-order valence-electron chi connectivity index (χ0n) is 9.67. The Hall–Kier alpha value is -1.50. The van der Waals surface area contributed by atoms with Crippen molar-refractivity contribution in [3.8, 4) is 5.75 Å². The third-order valence-electron chi connectivity index (χ3n) is 2.03. The van der Waals surface area contributed by atoms with Gasteiger partial charge < -0.3 is 15.8 Å². The molecule has 0 aliphatic carbocycles. The Morgan fingerprint density at radius 2 is 2.11 bits per heavy atom. The van der Waals surface area contributed by atoms with Crippen LogP contribution in [0, 0.1) is 0 Å². The van der Waals surface area contributed by atoms with Crippen molar-refractivity contribution >= 4 is 23.0 Å². The third-order valence-corrected chi connectivity index (χ3v) is 2.13. The topological polar surface area (TPSA) is 47.3 Å². The van der Waals surface area contributed by atoms with Gasteiger partial charge in [0, 0.05) is 6.07 Å². The highest BCUT2D eigenvalue weighted by molar-refractivity contribution is 7.80. The van der Waals surface area contributed by atoms with Crippen LogP contribution in [-0.4, -0.2) is 11.7 Å². The molecule has 0 aliphatic heterocycles. The maximum absolute atomic E-state index is 12.7. The Balaban J connectivity index is 3.08. The van der Waals surface area contributed by atoms with Gasteiger partial charge in [0.15, 0.2) is 5.11 Å². The molecule has 3 N–H and O–H groups in total. The lowest BCUT2D eigenvalue weighted by molar-refractivity contribution is -0.136. The lowest BCUT2D eigenvalue weighted by Crippen LogP contribution is -2.21. The van der Waals surface area contributed by atoms with Crippen molar-refractivity contribution in [2.45, 2.75) is 19.5 Å². The standard InChI is InChI=1S/C11H13F3N2OS/c1-2-5-17-7-3-4-8(11(12,13)14)9(6-7)16-10(15)18/h3-4,6H,2,5H2,1H3,(H3,15,16,18). The van der Waals surface area contributed by atoms with Gasteiger partial charge >= 0.3 is 6.18 Å². The van der Waals surface area contributed by atoms with E-state index in [0.717, 1.165) is 12.5 Å². The fourth-order valence-corrected chi connectivity index (χ4v) is 1.43. The van der Waals surface area contributed by atoms with E-state index < -0.39 is 11.7 Å². The van der Waals surface area contributed by atoms with Gasteiger partial charge in [0.1, 0.15) is 5.75 Å². The first kappa shape index (κ1) is 14.6. The molecule has 0 saturated heterocycles. The van der Waals surface area contributed by atoms with Gasteiger partial charge in [0.25, 0.3) is 0 Å². The van der Waals surface area contributed by atoms with Gasteiger partial charge in [0.2, 0.25) is 0 Å². The van der Waals surface area contributed by atoms with Gasteiger partial charge in [-0.25, -0.2) is 0 Å². The number of thiocarbonyl (C=S) groups is 1. The van der Waals surface area contributed by atoms with E-state index in [-0.39, 0.29) is 10.8 Å². The quantitative estimate of drug-likeness (QED) is 0.831. The number of ether oxygens (including phenoxy) is 1. The molecule has 3 nitrogen and oxygen atoms in total. The molecule has 0 atom stereocenters. The summed E-state index contributed by atoms with van der Waals surface area (Å²) in [6.45, 7) is 2.33. The molecule has 1 rings (SSSR count). The number of hydrogen-bond donors (Lipinski definition) is 2. The average Bonchev–Trinajstić information content (AvgIpc) is 2.24. The Bertz CT molecular complexity index is 435. The summed E-state index contributed by atoms with van der Waals surface area (Å²) in [4.78, 5) is 0. The summed E-state index contributed by atoms with van der Waals surface area (Å²) < 4.78 is 43.4. The fraction of sp³-hybridized carbons (Fsp3) is 0.364. The van der Waals surface area contributed by atoms with Crippen LogP contribution in [0.15, 0.2) is 18.2 Å². The van der Waals surface area contributed by atoms with E-state index in [9.17, 15) is 13.2 Å². The van der Waals surface area contributed by atoms with Crippen LogP contribution in [0.25, 0.3) is 0 Å². The first-order valence-electron chi connectivity index (χ1n) is 5.25. The maximum Gasteiger partial charge on any atom is 0.418 e. The van der Waals surface area contributed by atoms with E-state index in [1.54, 1.807) is 0 Å². The van der Waals surface area contributed by atoms with Crippen LogP contribution in [0.3, 0.4) is 0 Å². The summed E-state index contributed by atoms with van der Waals surface area (Å²) in [5, 5.41) is 2.08. The van der Waals surface area contributed by atoms with Gasteiger partial charge in [-0.05, 0) is 30.8 Å². The highest BCUT2D eigenvalue weighted by atomic mass is 32.1. The smallest absolute Gasteiger partial charge is 0.418 e. The van der Waals surface area contributed by atoms with Crippen LogP contribution in [-0.2, 0) is 6.18 Å². The monoisotopic (exact) mass is 278 g/mol. The molecule has 0 amide bonds. The zero-order chi connectivity index (χ0) is 13.8. The van der Waals surface area contributed by atoms with Crippen molar-refractivity contribution in [2.75, 3.05) is 11.9 Å². The molecule has 100 valence electrons. The highest BCUT2D eigenvalue weighted by Gasteiger charge is 2.33. The second-order valence-electron chi connectivity index (χ2n) is 3.54. The molecule has 1 aromatic rings. The second-order valence-corrected chi connectivity index (χ2v) is 3.98. The molecular weight excluding hydrogens is 265 g/mol.